The summed E-state index contributed by atoms with van der Waals surface area (Å²) in [5.41, 5.74) is 0.758. The van der Waals surface area contributed by atoms with Gasteiger partial charge >= 0.3 is 5.97 Å². The minimum absolute atomic E-state index is 0.0869. The summed E-state index contributed by atoms with van der Waals surface area (Å²) < 4.78 is 4.94. The molecule has 0 spiro atoms. The zero-order valence-corrected chi connectivity index (χ0v) is 8.25. The molecule has 0 radical (unpaired) electrons. The van der Waals surface area contributed by atoms with Gasteiger partial charge in [-0.1, -0.05) is 45.2 Å². The average molecular weight is 180 g/mol. The Kier molecular flexibility index (Phi) is 5.60. The second kappa shape index (κ2) is 6.23. The first-order valence-electron chi connectivity index (χ1n) is 4.21. The Morgan fingerprint density at radius 3 is 2.62 bits per heavy atom. The molecule has 0 aromatic rings. The van der Waals surface area contributed by atoms with Crippen LogP contribution >= 0.6 is 0 Å². The maximum Gasteiger partial charge on any atom is 0.308 e. The summed E-state index contributed by atoms with van der Waals surface area (Å²) in [7, 11) is 0. The van der Waals surface area contributed by atoms with Gasteiger partial charge in [0.05, 0.1) is 5.92 Å². The molecule has 0 unspecified atom stereocenters. The number of esters is 1. The fourth-order valence-corrected chi connectivity index (χ4v) is 0.583. The number of hydrogen-bond acceptors (Lipinski definition) is 2. The standard InChI is InChI=1S/C11H16O2/c1-5-6-7-10(4)8-13-11(12)9(2)3/h5-7,9H,1,4,8H2,2-3H3/b7-6-. The number of carbonyl (C=O) groups excluding carboxylic acids is 1. The van der Waals surface area contributed by atoms with Crippen molar-refractivity contribution in [2.75, 3.05) is 6.61 Å². The quantitative estimate of drug-likeness (QED) is 0.480. The molecule has 72 valence electrons. The van der Waals surface area contributed by atoms with E-state index in [0.717, 1.165) is 5.57 Å². The maximum atomic E-state index is 11.0. The van der Waals surface area contributed by atoms with Crippen molar-refractivity contribution in [2.24, 2.45) is 5.92 Å². The molecule has 0 aliphatic carbocycles. The van der Waals surface area contributed by atoms with Gasteiger partial charge in [0.25, 0.3) is 0 Å². The van der Waals surface area contributed by atoms with Gasteiger partial charge in [-0.05, 0) is 5.57 Å². The Bertz CT molecular complexity index is 224. The third-order valence-electron chi connectivity index (χ3n) is 1.34. The molecule has 0 amide bonds. The van der Waals surface area contributed by atoms with E-state index in [9.17, 15) is 4.79 Å². The molecule has 2 nitrogen and oxygen atoms in total. The second-order valence-electron chi connectivity index (χ2n) is 3.02. The van der Waals surface area contributed by atoms with E-state index in [1.807, 2.05) is 0 Å². The highest BCUT2D eigenvalue weighted by Crippen LogP contribution is 2.00. The van der Waals surface area contributed by atoms with E-state index in [4.69, 9.17) is 4.74 Å². The predicted octanol–water partition coefficient (Wildman–Crippen LogP) is 2.48. The van der Waals surface area contributed by atoms with Crippen LogP contribution in [0.25, 0.3) is 0 Å². The fraction of sp³-hybridized carbons (Fsp3) is 0.364. The van der Waals surface area contributed by atoms with Crippen LogP contribution in [0.4, 0.5) is 0 Å². The number of carbonyl (C=O) groups is 1. The molecule has 0 N–H and O–H groups in total. The molecule has 2 heteroatoms. The summed E-state index contributed by atoms with van der Waals surface area (Å²) in [6.45, 7) is 11.1. The molecule has 0 aromatic heterocycles. The fourth-order valence-electron chi connectivity index (χ4n) is 0.583. The average Bonchev–Trinajstić information content (AvgIpc) is 2.10. The molecule has 0 saturated carbocycles. The highest BCUT2D eigenvalue weighted by atomic mass is 16.5. The van der Waals surface area contributed by atoms with Gasteiger partial charge in [-0.15, -0.1) is 0 Å². The van der Waals surface area contributed by atoms with Crippen molar-refractivity contribution < 1.29 is 9.53 Å². The van der Waals surface area contributed by atoms with Gasteiger partial charge in [0.2, 0.25) is 0 Å². The van der Waals surface area contributed by atoms with Crippen LogP contribution in [0.2, 0.25) is 0 Å². The van der Waals surface area contributed by atoms with E-state index in [1.165, 1.54) is 0 Å². The molecular formula is C11H16O2. The molecule has 0 rings (SSSR count). The number of rotatable bonds is 5. The van der Waals surface area contributed by atoms with Gasteiger partial charge in [0.1, 0.15) is 6.61 Å². The van der Waals surface area contributed by atoms with Gasteiger partial charge in [-0.25, -0.2) is 0 Å². The lowest BCUT2D eigenvalue weighted by Gasteiger charge is -2.06. The van der Waals surface area contributed by atoms with Gasteiger partial charge in [-0.2, -0.15) is 0 Å². The van der Waals surface area contributed by atoms with Crippen LogP contribution in [0.15, 0.2) is 37.0 Å². The van der Waals surface area contributed by atoms with Crippen LogP contribution in [-0.2, 0) is 9.53 Å². The van der Waals surface area contributed by atoms with Crippen LogP contribution < -0.4 is 0 Å². The van der Waals surface area contributed by atoms with E-state index in [-0.39, 0.29) is 18.5 Å². The SMILES string of the molecule is C=C/C=C\C(=C)COC(=O)C(C)C. The topological polar surface area (TPSA) is 26.3 Å². The normalized spacial score (nSPS) is 10.4. The van der Waals surface area contributed by atoms with Crippen LogP contribution in [0.1, 0.15) is 13.8 Å². The zero-order chi connectivity index (χ0) is 10.3. The van der Waals surface area contributed by atoms with Crippen molar-refractivity contribution in [1.29, 1.82) is 0 Å². The summed E-state index contributed by atoms with van der Waals surface area (Å²) in [6.07, 6.45) is 5.17. The molecular weight excluding hydrogens is 164 g/mol. The zero-order valence-electron chi connectivity index (χ0n) is 8.25. The largest absolute Gasteiger partial charge is 0.461 e. The van der Waals surface area contributed by atoms with E-state index in [1.54, 1.807) is 32.1 Å². The van der Waals surface area contributed by atoms with Crippen LogP contribution in [0, 0.1) is 5.92 Å². The Hall–Kier alpha value is -1.31. The summed E-state index contributed by atoms with van der Waals surface area (Å²) in [5, 5.41) is 0. The van der Waals surface area contributed by atoms with E-state index in [2.05, 4.69) is 13.2 Å². The van der Waals surface area contributed by atoms with E-state index < -0.39 is 0 Å². The minimum atomic E-state index is -0.201. The molecule has 0 aliphatic heterocycles. The molecule has 0 bridgehead atoms. The van der Waals surface area contributed by atoms with Gasteiger partial charge in [0, 0.05) is 0 Å². The van der Waals surface area contributed by atoms with Crippen molar-refractivity contribution in [3.05, 3.63) is 37.0 Å². The first-order chi connectivity index (χ1) is 6.07. The summed E-state index contributed by atoms with van der Waals surface area (Å²) in [5.74, 6) is -0.288. The first-order valence-corrected chi connectivity index (χ1v) is 4.21. The number of allylic oxidation sites excluding steroid dienone is 2. The minimum Gasteiger partial charge on any atom is -0.461 e. The highest BCUT2D eigenvalue weighted by molar-refractivity contribution is 5.71. The molecule has 0 atom stereocenters. The van der Waals surface area contributed by atoms with E-state index >= 15 is 0 Å². The molecule has 0 fully saturated rings. The Morgan fingerprint density at radius 1 is 1.54 bits per heavy atom. The second-order valence-corrected chi connectivity index (χ2v) is 3.02. The summed E-state index contributed by atoms with van der Waals surface area (Å²) in [4.78, 5) is 11.0. The Labute approximate surface area is 79.6 Å². The maximum absolute atomic E-state index is 11.0. The number of ether oxygens (including phenoxy) is 1. The van der Waals surface area contributed by atoms with Gasteiger partial charge < -0.3 is 4.74 Å². The number of hydrogen-bond donors (Lipinski definition) is 0. The van der Waals surface area contributed by atoms with Gasteiger partial charge in [0.15, 0.2) is 0 Å². The van der Waals surface area contributed by atoms with Crippen LogP contribution in [0.5, 0.6) is 0 Å². The lowest BCUT2D eigenvalue weighted by molar-refractivity contribution is -0.146. The summed E-state index contributed by atoms with van der Waals surface area (Å²) >= 11 is 0. The molecule has 0 saturated heterocycles. The van der Waals surface area contributed by atoms with Crippen molar-refractivity contribution in [3.63, 3.8) is 0 Å². The summed E-state index contributed by atoms with van der Waals surface area (Å²) in [6, 6.07) is 0. The lowest BCUT2D eigenvalue weighted by Crippen LogP contribution is -2.12. The van der Waals surface area contributed by atoms with Gasteiger partial charge in [-0.3, -0.25) is 4.79 Å². The Morgan fingerprint density at radius 2 is 2.15 bits per heavy atom. The van der Waals surface area contributed by atoms with Crippen LogP contribution in [0.3, 0.4) is 0 Å². The first kappa shape index (κ1) is 11.7. The van der Waals surface area contributed by atoms with Crippen molar-refractivity contribution in [3.8, 4) is 0 Å². The van der Waals surface area contributed by atoms with Crippen molar-refractivity contribution in [1.82, 2.24) is 0 Å². The Balaban J connectivity index is 3.76. The lowest BCUT2D eigenvalue weighted by atomic mass is 10.2. The molecule has 0 heterocycles. The third kappa shape index (κ3) is 5.91. The van der Waals surface area contributed by atoms with E-state index in [0.29, 0.717) is 0 Å². The molecule has 13 heavy (non-hydrogen) atoms. The highest BCUT2D eigenvalue weighted by Gasteiger charge is 2.07. The predicted molar refractivity (Wildman–Crippen MR) is 54.3 cm³/mol. The van der Waals surface area contributed by atoms with Crippen LogP contribution in [-0.4, -0.2) is 12.6 Å². The smallest absolute Gasteiger partial charge is 0.308 e. The third-order valence-corrected chi connectivity index (χ3v) is 1.34. The van der Waals surface area contributed by atoms with Crippen molar-refractivity contribution in [2.45, 2.75) is 13.8 Å². The molecule has 0 aliphatic rings. The monoisotopic (exact) mass is 180 g/mol. The molecule has 0 aromatic carbocycles. The van der Waals surface area contributed by atoms with Crippen molar-refractivity contribution >= 4 is 5.97 Å².